The van der Waals surface area contributed by atoms with Crippen LogP contribution >= 0.6 is 0 Å². The first kappa shape index (κ1) is 13.6. The van der Waals surface area contributed by atoms with Crippen molar-refractivity contribution in [2.45, 2.75) is 13.0 Å². The van der Waals surface area contributed by atoms with E-state index >= 15 is 0 Å². The van der Waals surface area contributed by atoms with Crippen LogP contribution in [0.4, 0.5) is 0 Å². The summed E-state index contributed by atoms with van der Waals surface area (Å²) in [5.74, 6) is 0.551. The minimum absolute atomic E-state index is 0.0156. The van der Waals surface area contributed by atoms with E-state index in [0.717, 1.165) is 16.7 Å². The number of benzene rings is 1. The van der Waals surface area contributed by atoms with Crippen LogP contribution in [0.25, 0.3) is 11.0 Å². The second kappa shape index (κ2) is 6.36. The summed E-state index contributed by atoms with van der Waals surface area (Å²) in [5, 5.41) is 3.84. The number of carbonyl (C=O) groups excluding carboxylic acids is 1. The summed E-state index contributed by atoms with van der Waals surface area (Å²) in [5.41, 5.74) is 6.10. The molecule has 0 radical (unpaired) electrons. The first-order valence-electron chi connectivity index (χ1n) is 6.26. The van der Waals surface area contributed by atoms with Crippen molar-refractivity contribution in [1.82, 2.24) is 5.32 Å². The zero-order chi connectivity index (χ0) is 13.7. The number of ether oxygens (including phenoxy) is 1. The Balaban J connectivity index is 1.95. The van der Waals surface area contributed by atoms with Gasteiger partial charge in [0.05, 0.1) is 12.6 Å². The van der Waals surface area contributed by atoms with Gasteiger partial charge in [-0.05, 0) is 19.1 Å². The number of furan rings is 1. The van der Waals surface area contributed by atoms with E-state index in [0.29, 0.717) is 13.2 Å². The van der Waals surface area contributed by atoms with E-state index in [9.17, 15) is 4.79 Å². The number of nitrogens with two attached hydrogens (primary N) is 1. The van der Waals surface area contributed by atoms with Gasteiger partial charge in [0.1, 0.15) is 18.0 Å². The molecular weight excluding hydrogens is 244 g/mol. The van der Waals surface area contributed by atoms with Gasteiger partial charge in [-0.15, -0.1) is 0 Å². The molecule has 0 aliphatic rings. The number of carbonyl (C=O) groups is 1. The lowest BCUT2D eigenvalue weighted by Gasteiger charge is -2.11. The first-order valence-corrected chi connectivity index (χ1v) is 6.26. The molecule has 0 aliphatic heterocycles. The highest BCUT2D eigenvalue weighted by Gasteiger charge is 2.13. The van der Waals surface area contributed by atoms with Crippen molar-refractivity contribution in [2.24, 2.45) is 5.73 Å². The molecule has 19 heavy (non-hydrogen) atoms. The molecule has 1 atom stereocenters. The third-order valence-corrected chi connectivity index (χ3v) is 2.74. The highest BCUT2D eigenvalue weighted by molar-refractivity contribution is 5.79. The second-order valence-electron chi connectivity index (χ2n) is 4.32. The quantitative estimate of drug-likeness (QED) is 0.775. The minimum atomic E-state index is -0.193. The van der Waals surface area contributed by atoms with Gasteiger partial charge >= 0.3 is 0 Å². The van der Waals surface area contributed by atoms with E-state index in [1.54, 1.807) is 0 Å². The van der Waals surface area contributed by atoms with Crippen LogP contribution in [0.3, 0.4) is 0 Å². The number of hydrogen-bond donors (Lipinski definition) is 2. The van der Waals surface area contributed by atoms with Crippen LogP contribution in [-0.4, -0.2) is 25.7 Å². The topological polar surface area (TPSA) is 77.5 Å². The van der Waals surface area contributed by atoms with E-state index < -0.39 is 0 Å². The molecule has 0 aliphatic carbocycles. The van der Waals surface area contributed by atoms with E-state index in [2.05, 4.69) is 5.32 Å². The van der Waals surface area contributed by atoms with E-state index in [4.69, 9.17) is 14.9 Å². The number of fused-ring (bicyclic) bond motifs is 1. The Morgan fingerprint density at radius 2 is 2.26 bits per heavy atom. The number of hydrogen-bond acceptors (Lipinski definition) is 4. The van der Waals surface area contributed by atoms with Crippen molar-refractivity contribution < 1.29 is 13.9 Å². The highest BCUT2D eigenvalue weighted by atomic mass is 16.5. The van der Waals surface area contributed by atoms with Crippen LogP contribution < -0.4 is 11.1 Å². The lowest BCUT2D eigenvalue weighted by molar-refractivity contribution is -0.126. The van der Waals surface area contributed by atoms with Crippen molar-refractivity contribution in [3.05, 3.63) is 36.1 Å². The van der Waals surface area contributed by atoms with E-state index in [1.807, 2.05) is 37.3 Å². The Morgan fingerprint density at radius 1 is 1.47 bits per heavy atom. The van der Waals surface area contributed by atoms with Crippen LogP contribution in [0, 0.1) is 0 Å². The summed E-state index contributed by atoms with van der Waals surface area (Å²) < 4.78 is 10.8. The average Bonchev–Trinajstić information content (AvgIpc) is 2.83. The summed E-state index contributed by atoms with van der Waals surface area (Å²) >= 11 is 0. The van der Waals surface area contributed by atoms with Gasteiger partial charge in [0.2, 0.25) is 5.91 Å². The smallest absolute Gasteiger partial charge is 0.246 e. The lowest BCUT2D eigenvalue weighted by atomic mass is 10.2. The number of rotatable bonds is 6. The fourth-order valence-corrected chi connectivity index (χ4v) is 1.82. The molecule has 2 rings (SSSR count). The summed E-state index contributed by atoms with van der Waals surface area (Å²) in [6.07, 6.45) is 0. The fourth-order valence-electron chi connectivity index (χ4n) is 1.82. The molecule has 5 nitrogen and oxygen atoms in total. The van der Waals surface area contributed by atoms with Crippen molar-refractivity contribution >= 4 is 16.9 Å². The third kappa shape index (κ3) is 3.56. The molecule has 2 aromatic rings. The van der Waals surface area contributed by atoms with Gasteiger partial charge in [-0.1, -0.05) is 18.2 Å². The Kier molecular flexibility index (Phi) is 4.54. The molecule has 1 amide bonds. The van der Waals surface area contributed by atoms with Gasteiger partial charge in [0.25, 0.3) is 0 Å². The fraction of sp³-hybridized carbons (Fsp3) is 0.357. The average molecular weight is 262 g/mol. The molecule has 0 spiro atoms. The molecule has 0 saturated carbocycles. The van der Waals surface area contributed by atoms with Gasteiger partial charge in [0.15, 0.2) is 0 Å². The second-order valence-corrected chi connectivity index (χ2v) is 4.32. The van der Waals surface area contributed by atoms with Crippen LogP contribution in [0.1, 0.15) is 18.7 Å². The van der Waals surface area contributed by atoms with Crippen molar-refractivity contribution in [3.8, 4) is 0 Å². The Hall–Kier alpha value is -1.85. The van der Waals surface area contributed by atoms with E-state index in [-0.39, 0.29) is 18.6 Å². The summed E-state index contributed by atoms with van der Waals surface area (Å²) in [6.45, 7) is 2.68. The summed E-state index contributed by atoms with van der Waals surface area (Å²) in [4.78, 5) is 11.6. The zero-order valence-electron chi connectivity index (χ0n) is 10.9. The van der Waals surface area contributed by atoms with Crippen LogP contribution in [-0.2, 0) is 9.53 Å². The van der Waals surface area contributed by atoms with Gasteiger partial charge < -0.3 is 20.2 Å². The van der Waals surface area contributed by atoms with Crippen LogP contribution in [0.15, 0.2) is 34.7 Å². The van der Waals surface area contributed by atoms with Gasteiger partial charge in [-0.25, -0.2) is 0 Å². The zero-order valence-corrected chi connectivity index (χ0v) is 10.9. The van der Waals surface area contributed by atoms with Crippen LogP contribution in [0.5, 0.6) is 0 Å². The Morgan fingerprint density at radius 3 is 3.00 bits per heavy atom. The van der Waals surface area contributed by atoms with Gasteiger partial charge in [-0.3, -0.25) is 4.79 Å². The number of nitrogens with one attached hydrogen (secondary N) is 1. The molecule has 0 bridgehead atoms. The maximum Gasteiger partial charge on any atom is 0.246 e. The maximum atomic E-state index is 11.6. The van der Waals surface area contributed by atoms with Crippen molar-refractivity contribution in [3.63, 3.8) is 0 Å². The van der Waals surface area contributed by atoms with Gasteiger partial charge in [0, 0.05) is 11.9 Å². The third-order valence-electron chi connectivity index (χ3n) is 2.74. The normalized spacial score (nSPS) is 12.5. The maximum absolute atomic E-state index is 11.6. The number of para-hydroxylation sites is 1. The Labute approximate surface area is 111 Å². The van der Waals surface area contributed by atoms with Crippen molar-refractivity contribution in [1.29, 1.82) is 0 Å². The minimum Gasteiger partial charge on any atom is -0.459 e. The molecule has 1 unspecified atom stereocenters. The summed E-state index contributed by atoms with van der Waals surface area (Å²) in [6, 6.07) is 9.48. The molecule has 1 heterocycles. The van der Waals surface area contributed by atoms with E-state index in [1.165, 1.54) is 0 Å². The van der Waals surface area contributed by atoms with Crippen molar-refractivity contribution in [2.75, 3.05) is 19.8 Å². The Bertz CT molecular complexity index is 517. The largest absolute Gasteiger partial charge is 0.459 e. The SMILES string of the molecule is CC(NC(=O)COCCN)c1cc2ccccc2o1. The molecule has 1 aromatic carbocycles. The first-order chi connectivity index (χ1) is 9.20. The molecule has 5 heteroatoms. The molecule has 0 fully saturated rings. The monoisotopic (exact) mass is 262 g/mol. The summed E-state index contributed by atoms with van der Waals surface area (Å²) in [7, 11) is 0. The molecule has 1 aromatic heterocycles. The van der Waals surface area contributed by atoms with Gasteiger partial charge in [-0.2, -0.15) is 0 Å². The highest BCUT2D eigenvalue weighted by Crippen LogP contribution is 2.23. The van der Waals surface area contributed by atoms with Crippen LogP contribution in [0.2, 0.25) is 0 Å². The predicted octanol–water partition coefficient (Wildman–Crippen LogP) is 1.59. The molecule has 0 saturated heterocycles. The standard InChI is InChI=1S/C14H18N2O3/c1-10(16-14(17)9-18-7-6-15)13-8-11-4-2-3-5-12(11)19-13/h2-5,8,10H,6-7,9,15H2,1H3,(H,16,17). The molecule has 3 N–H and O–H groups in total. The lowest BCUT2D eigenvalue weighted by Crippen LogP contribution is -2.30. The molecular formula is C14H18N2O3. The molecule has 102 valence electrons. The predicted molar refractivity (Wildman–Crippen MR) is 72.6 cm³/mol. The number of amides is 1.